The Morgan fingerprint density at radius 2 is 1.82 bits per heavy atom. The SMILES string of the molecule is COc1ccc([C@@H]2CC(=O)C3=C(C2)Nc2ncnn2[C@@H]3c2ccccc2C(F)(F)F)cc1OC. The molecule has 34 heavy (non-hydrogen) atoms. The number of methoxy groups -OCH3 is 2. The van der Waals surface area contributed by atoms with E-state index in [1.54, 1.807) is 13.2 Å². The fourth-order valence-corrected chi connectivity index (χ4v) is 4.78. The Morgan fingerprint density at radius 1 is 1.06 bits per heavy atom. The molecule has 176 valence electrons. The van der Waals surface area contributed by atoms with Gasteiger partial charge < -0.3 is 14.8 Å². The number of carbonyl (C=O) groups is 1. The highest BCUT2D eigenvalue weighted by Crippen LogP contribution is 2.47. The van der Waals surface area contributed by atoms with Crippen LogP contribution in [0.1, 0.15) is 41.5 Å². The number of aromatic nitrogens is 3. The van der Waals surface area contributed by atoms with Crippen molar-refractivity contribution in [2.24, 2.45) is 0 Å². The van der Waals surface area contributed by atoms with Gasteiger partial charge in [0.25, 0.3) is 0 Å². The largest absolute Gasteiger partial charge is 0.493 e. The molecule has 0 unspecified atom stereocenters. The number of fused-ring (bicyclic) bond motifs is 1. The Labute approximate surface area is 193 Å². The summed E-state index contributed by atoms with van der Waals surface area (Å²) in [5, 5.41) is 7.27. The van der Waals surface area contributed by atoms with Crippen LogP contribution in [0.2, 0.25) is 0 Å². The number of nitrogens with zero attached hydrogens (tertiary/aromatic N) is 3. The first-order valence-corrected chi connectivity index (χ1v) is 10.6. The molecular weight excluding hydrogens is 449 g/mol. The topological polar surface area (TPSA) is 78.3 Å². The zero-order valence-corrected chi connectivity index (χ0v) is 18.4. The van der Waals surface area contributed by atoms with Crippen molar-refractivity contribution in [1.82, 2.24) is 14.8 Å². The zero-order chi connectivity index (χ0) is 24.0. The van der Waals surface area contributed by atoms with Crippen LogP contribution in [0.5, 0.6) is 11.5 Å². The lowest BCUT2D eigenvalue weighted by Crippen LogP contribution is -2.34. The molecule has 5 rings (SSSR count). The fourth-order valence-electron chi connectivity index (χ4n) is 4.78. The Kier molecular flexibility index (Phi) is 5.30. The Bertz CT molecular complexity index is 1300. The molecule has 1 aliphatic carbocycles. The number of anilines is 1. The van der Waals surface area contributed by atoms with Gasteiger partial charge in [0.15, 0.2) is 17.3 Å². The molecule has 0 amide bonds. The van der Waals surface area contributed by atoms with Gasteiger partial charge in [-0.05, 0) is 41.7 Å². The third-order valence-corrected chi connectivity index (χ3v) is 6.30. The van der Waals surface area contributed by atoms with Crippen molar-refractivity contribution in [1.29, 1.82) is 0 Å². The molecule has 10 heteroatoms. The summed E-state index contributed by atoms with van der Waals surface area (Å²) >= 11 is 0. The molecule has 7 nitrogen and oxygen atoms in total. The van der Waals surface area contributed by atoms with Crippen molar-refractivity contribution in [2.45, 2.75) is 31.0 Å². The van der Waals surface area contributed by atoms with Crippen molar-refractivity contribution in [3.63, 3.8) is 0 Å². The van der Waals surface area contributed by atoms with Crippen molar-refractivity contribution in [3.05, 3.63) is 76.8 Å². The smallest absolute Gasteiger partial charge is 0.416 e. The number of Topliss-reactive ketones (excluding diaryl/α,β-unsaturated/α-hetero) is 1. The number of carbonyl (C=O) groups excluding carboxylic acids is 1. The van der Waals surface area contributed by atoms with E-state index in [1.807, 2.05) is 12.1 Å². The average Bonchev–Trinajstić information content (AvgIpc) is 3.29. The first kappa shape index (κ1) is 22.0. The first-order chi connectivity index (χ1) is 16.3. The van der Waals surface area contributed by atoms with Crippen molar-refractivity contribution in [2.75, 3.05) is 19.5 Å². The molecule has 1 aromatic heterocycles. The van der Waals surface area contributed by atoms with Crippen LogP contribution >= 0.6 is 0 Å². The number of hydrogen-bond acceptors (Lipinski definition) is 6. The van der Waals surface area contributed by atoms with Gasteiger partial charge in [0, 0.05) is 17.7 Å². The lowest BCUT2D eigenvalue weighted by molar-refractivity contribution is -0.138. The molecule has 2 heterocycles. The molecule has 0 fully saturated rings. The fraction of sp³-hybridized carbons (Fsp3) is 0.292. The molecule has 0 saturated heterocycles. The maximum absolute atomic E-state index is 13.9. The average molecular weight is 470 g/mol. The van der Waals surface area contributed by atoms with E-state index < -0.39 is 17.8 Å². The normalized spacial score (nSPS) is 19.9. The third-order valence-electron chi connectivity index (χ3n) is 6.30. The van der Waals surface area contributed by atoms with E-state index >= 15 is 0 Å². The number of alkyl halides is 3. The van der Waals surface area contributed by atoms with E-state index in [-0.39, 0.29) is 29.3 Å². The maximum Gasteiger partial charge on any atom is 0.416 e. The van der Waals surface area contributed by atoms with E-state index in [9.17, 15) is 18.0 Å². The van der Waals surface area contributed by atoms with E-state index in [1.165, 1.54) is 36.3 Å². The Balaban J connectivity index is 1.60. The van der Waals surface area contributed by atoms with Gasteiger partial charge in [0.2, 0.25) is 5.95 Å². The number of halogens is 3. The number of ketones is 1. The van der Waals surface area contributed by atoms with E-state index in [0.717, 1.165) is 11.6 Å². The highest BCUT2D eigenvalue weighted by atomic mass is 19.4. The van der Waals surface area contributed by atoms with Crippen LogP contribution in [0.4, 0.5) is 19.1 Å². The summed E-state index contributed by atoms with van der Waals surface area (Å²) in [6.07, 6.45) is -2.75. The molecule has 0 spiro atoms. The van der Waals surface area contributed by atoms with Crippen LogP contribution in [0, 0.1) is 0 Å². The molecule has 2 aliphatic rings. The lowest BCUT2D eigenvalue weighted by atomic mass is 9.77. The maximum atomic E-state index is 13.9. The van der Waals surface area contributed by atoms with Gasteiger partial charge in [-0.25, -0.2) is 4.68 Å². The van der Waals surface area contributed by atoms with Crippen LogP contribution in [0.25, 0.3) is 0 Å². The van der Waals surface area contributed by atoms with E-state index in [4.69, 9.17) is 9.47 Å². The van der Waals surface area contributed by atoms with Gasteiger partial charge in [0.1, 0.15) is 12.4 Å². The van der Waals surface area contributed by atoms with Crippen molar-refractivity contribution >= 4 is 11.7 Å². The number of hydrogen-bond donors (Lipinski definition) is 1. The highest BCUT2D eigenvalue weighted by molar-refractivity contribution is 6.00. The minimum Gasteiger partial charge on any atom is -0.493 e. The second-order valence-electron chi connectivity index (χ2n) is 8.18. The van der Waals surface area contributed by atoms with Crippen LogP contribution in [-0.4, -0.2) is 34.8 Å². The number of benzene rings is 2. The molecule has 1 N–H and O–H groups in total. The summed E-state index contributed by atoms with van der Waals surface area (Å²) in [7, 11) is 3.08. The molecule has 0 bridgehead atoms. The van der Waals surface area contributed by atoms with Gasteiger partial charge in [0.05, 0.1) is 19.8 Å². The predicted molar refractivity (Wildman–Crippen MR) is 117 cm³/mol. The monoisotopic (exact) mass is 470 g/mol. The summed E-state index contributed by atoms with van der Waals surface area (Å²) in [6.45, 7) is 0. The second-order valence-corrected chi connectivity index (χ2v) is 8.18. The number of nitrogens with one attached hydrogen (secondary N) is 1. The first-order valence-electron chi connectivity index (χ1n) is 10.6. The van der Waals surface area contributed by atoms with Gasteiger partial charge in [-0.2, -0.15) is 23.3 Å². The lowest BCUT2D eigenvalue weighted by Gasteiger charge is -2.36. The molecule has 2 atom stereocenters. The van der Waals surface area contributed by atoms with E-state index in [0.29, 0.717) is 29.6 Å². The van der Waals surface area contributed by atoms with Crippen LogP contribution in [-0.2, 0) is 11.0 Å². The summed E-state index contributed by atoms with van der Waals surface area (Å²) in [5.41, 5.74) is 0.877. The molecule has 1 aliphatic heterocycles. The van der Waals surface area contributed by atoms with Crippen molar-refractivity contribution < 1.29 is 27.4 Å². The molecule has 3 aromatic rings. The van der Waals surface area contributed by atoms with E-state index in [2.05, 4.69) is 15.4 Å². The number of ether oxygens (including phenoxy) is 2. The van der Waals surface area contributed by atoms with Crippen LogP contribution in [0.3, 0.4) is 0 Å². The molecule has 0 saturated carbocycles. The molecular formula is C24H21F3N4O3. The molecule has 2 aromatic carbocycles. The minimum absolute atomic E-state index is 0.0336. The number of rotatable bonds is 4. The minimum atomic E-state index is -4.58. The van der Waals surface area contributed by atoms with Gasteiger partial charge in [-0.3, -0.25) is 4.79 Å². The Hall–Kier alpha value is -3.82. The summed E-state index contributed by atoms with van der Waals surface area (Å²) < 4.78 is 53.6. The standard InChI is InChI=1S/C24H21F3N4O3/c1-33-19-8-7-13(11-20(19)34-2)14-9-17-21(18(32)10-14)22(31-23(30-17)28-12-29-31)15-5-3-4-6-16(15)24(25,26)27/h3-8,11-12,14,22H,9-10H2,1-2H3,(H,28,29,30)/t14-,22+/m0/s1. The van der Waals surface area contributed by atoms with Gasteiger partial charge >= 0.3 is 6.18 Å². The quantitative estimate of drug-likeness (QED) is 0.594. The predicted octanol–water partition coefficient (Wildman–Crippen LogP) is 4.73. The summed E-state index contributed by atoms with van der Waals surface area (Å²) in [4.78, 5) is 17.6. The second kappa shape index (κ2) is 8.19. The summed E-state index contributed by atoms with van der Waals surface area (Å²) in [6, 6.07) is 9.72. The van der Waals surface area contributed by atoms with Gasteiger partial charge in [-0.1, -0.05) is 24.3 Å². The van der Waals surface area contributed by atoms with Crippen molar-refractivity contribution in [3.8, 4) is 11.5 Å². The number of allylic oxidation sites excluding steroid dienone is 2. The highest BCUT2D eigenvalue weighted by Gasteiger charge is 2.43. The van der Waals surface area contributed by atoms with Gasteiger partial charge in [-0.15, -0.1) is 0 Å². The zero-order valence-electron chi connectivity index (χ0n) is 18.4. The van der Waals surface area contributed by atoms with Crippen LogP contribution in [0.15, 0.2) is 60.1 Å². The Morgan fingerprint density at radius 3 is 2.56 bits per heavy atom. The molecule has 0 radical (unpaired) electrons. The third kappa shape index (κ3) is 3.59. The van der Waals surface area contributed by atoms with Crippen LogP contribution < -0.4 is 14.8 Å². The summed E-state index contributed by atoms with van der Waals surface area (Å²) in [5.74, 6) is 0.978.